The summed E-state index contributed by atoms with van der Waals surface area (Å²) in [7, 11) is 0. The second kappa shape index (κ2) is 10.5. The van der Waals surface area contributed by atoms with E-state index in [0.717, 1.165) is 0 Å². The van der Waals surface area contributed by atoms with E-state index in [-0.39, 0.29) is 0 Å². The summed E-state index contributed by atoms with van der Waals surface area (Å²) in [6, 6.07) is 0. The van der Waals surface area contributed by atoms with Gasteiger partial charge in [-0.1, -0.05) is 58.4 Å². The summed E-state index contributed by atoms with van der Waals surface area (Å²) >= 11 is 0. The largest absolute Gasteiger partial charge is 0.0991 e. The molecule has 0 heteroatoms. The maximum Gasteiger partial charge on any atom is -0.0234 e. The Kier molecular flexibility index (Phi) is 12.3. The highest BCUT2D eigenvalue weighted by Gasteiger charge is 1.97. The summed E-state index contributed by atoms with van der Waals surface area (Å²) in [6.07, 6.45) is 6.39. The van der Waals surface area contributed by atoms with Crippen LogP contribution in [-0.4, -0.2) is 0 Å². The van der Waals surface area contributed by atoms with Crippen LogP contribution in [0.5, 0.6) is 0 Å². The Morgan fingerprint density at radius 2 is 1.75 bits per heavy atom. The van der Waals surface area contributed by atoms with Gasteiger partial charge in [0.15, 0.2) is 0 Å². The lowest BCUT2D eigenvalue weighted by molar-refractivity contribution is 0.656. The van der Waals surface area contributed by atoms with Gasteiger partial charge in [-0.3, -0.25) is 0 Å². The molecule has 0 aromatic carbocycles. The van der Waals surface area contributed by atoms with E-state index in [1.807, 2.05) is 6.08 Å². The van der Waals surface area contributed by atoms with E-state index in [0.29, 0.717) is 5.92 Å². The highest BCUT2D eigenvalue weighted by atomic mass is 14.0. The Morgan fingerprint density at radius 3 is 2.00 bits per heavy atom. The molecule has 0 amide bonds. The van der Waals surface area contributed by atoms with Gasteiger partial charge in [-0.05, 0) is 19.3 Å². The molecular weight excluding hydrogens is 144 g/mol. The first-order valence-electron chi connectivity index (χ1n) is 4.93. The molecule has 0 aliphatic heterocycles. The van der Waals surface area contributed by atoms with Crippen molar-refractivity contribution in [2.45, 2.75) is 47.5 Å². The third kappa shape index (κ3) is 9.48. The Balaban J connectivity index is 0. The van der Waals surface area contributed by atoms with Crippen molar-refractivity contribution in [3.63, 3.8) is 0 Å². The van der Waals surface area contributed by atoms with Gasteiger partial charge in [-0.25, -0.2) is 0 Å². The molecule has 1 unspecified atom stereocenters. The van der Waals surface area contributed by atoms with Crippen LogP contribution in [-0.2, 0) is 0 Å². The third-order valence-electron chi connectivity index (χ3n) is 1.77. The molecule has 0 radical (unpaired) electrons. The second-order valence-corrected chi connectivity index (χ2v) is 3.16. The summed E-state index contributed by atoms with van der Waals surface area (Å²) in [5.41, 5.74) is 1.42. The van der Waals surface area contributed by atoms with Crippen LogP contribution in [0.4, 0.5) is 0 Å². The minimum Gasteiger partial charge on any atom is -0.0991 e. The fraction of sp³-hybridized carbons (Fsp3) is 0.667. The van der Waals surface area contributed by atoms with Crippen molar-refractivity contribution >= 4 is 0 Å². The van der Waals surface area contributed by atoms with Crippen molar-refractivity contribution in [1.29, 1.82) is 0 Å². The second-order valence-electron chi connectivity index (χ2n) is 3.16. The molecule has 0 saturated carbocycles. The van der Waals surface area contributed by atoms with Crippen LogP contribution in [0.1, 0.15) is 47.5 Å². The van der Waals surface area contributed by atoms with E-state index in [1.165, 1.54) is 18.4 Å². The number of allylic oxidation sites excluding steroid dienone is 3. The van der Waals surface area contributed by atoms with Gasteiger partial charge in [0.25, 0.3) is 0 Å². The molecule has 0 aromatic heterocycles. The first kappa shape index (κ1) is 14.0. The first-order chi connectivity index (χ1) is 5.63. The van der Waals surface area contributed by atoms with Gasteiger partial charge < -0.3 is 0 Å². The van der Waals surface area contributed by atoms with Crippen LogP contribution in [0.2, 0.25) is 0 Å². The van der Waals surface area contributed by atoms with E-state index in [1.54, 1.807) is 0 Å². The summed E-state index contributed by atoms with van der Waals surface area (Å²) in [5.74, 6) is 0.711. The quantitative estimate of drug-likeness (QED) is 0.541. The lowest BCUT2D eigenvalue weighted by Crippen LogP contribution is -1.91. The summed E-state index contributed by atoms with van der Waals surface area (Å²) in [6.45, 7) is 14.5. The molecule has 0 aliphatic rings. The van der Waals surface area contributed by atoms with E-state index in [2.05, 4.69) is 47.3 Å². The Morgan fingerprint density at radius 1 is 1.33 bits per heavy atom. The van der Waals surface area contributed by atoms with Gasteiger partial charge in [0.2, 0.25) is 0 Å². The zero-order valence-corrected chi connectivity index (χ0v) is 9.35. The van der Waals surface area contributed by atoms with Crippen molar-refractivity contribution < 1.29 is 0 Å². The van der Waals surface area contributed by atoms with E-state index < -0.39 is 0 Å². The third-order valence-corrected chi connectivity index (χ3v) is 1.77. The minimum absolute atomic E-state index is 0.711. The highest BCUT2D eigenvalue weighted by molar-refractivity contribution is 5.09. The van der Waals surface area contributed by atoms with Crippen molar-refractivity contribution in [3.05, 3.63) is 24.3 Å². The molecular formula is C12H24. The lowest BCUT2D eigenvalue weighted by Gasteiger charge is -2.06. The van der Waals surface area contributed by atoms with E-state index >= 15 is 0 Å². The van der Waals surface area contributed by atoms with Gasteiger partial charge in [0, 0.05) is 0 Å². The molecule has 12 heavy (non-hydrogen) atoms. The van der Waals surface area contributed by atoms with Crippen LogP contribution in [0.15, 0.2) is 24.3 Å². The lowest BCUT2D eigenvalue weighted by atomic mass is 10.00. The van der Waals surface area contributed by atoms with Gasteiger partial charge in [0.1, 0.15) is 0 Å². The van der Waals surface area contributed by atoms with Crippen molar-refractivity contribution in [1.82, 2.24) is 0 Å². The first-order valence-corrected chi connectivity index (χ1v) is 4.93. The molecule has 0 aromatic rings. The topological polar surface area (TPSA) is 0 Å². The molecule has 0 heterocycles. The fourth-order valence-corrected chi connectivity index (χ4v) is 0.672. The predicted molar refractivity (Wildman–Crippen MR) is 59.4 cm³/mol. The van der Waals surface area contributed by atoms with Crippen LogP contribution >= 0.6 is 0 Å². The maximum atomic E-state index is 3.64. The molecule has 72 valence electrons. The zero-order valence-electron chi connectivity index (χ0n) is 9.35. The normalized spacial score (nSPS) is 12.9. The average molecular weight is 168 g/mol. The molecule has 0 spiro atoms. The Bertz CT molecular complexity index is 120. The summed E-state index contributed by atoms with van der Waals surface area (Å²) < 4.78 is 0. The fourth-order valence-electron chi connectivity index (χ4n) is 0.672. The van der Waals surface area contributed by atoms with Gasteiger partial charge in [-0.2, -0.15) is 0 Å². The molecule has 0 N–H and O–H groups in total. The van der Waals surface area contributed by atoms with Crippen LogP contribution in [0.25, 0.3) is 0 Å². The summed E-state index contributed by atoms with van der Waals surface area (Å²) in [5, 5.41) is 0. The SMILES string of the molecule is C=C/C=C(\C)C(C)CC.CCC. The van der Waals surface area contributed by atoms with Gasteiger partial charge >= 0.3 is 0 Å². The average Bonchev–Trinajstić information content (AvgIpc) is 2.05. The smallest absolute Gasteiger partial charge is 0.0234 e. The van der Waals surface area contributed by atoms with Crippen molar-refractivity contribution in [2.75, 3.05) is 0 Å². The maximum absolute atomic E-state index is 3.64. The molecule has 0 bridgehead atoms. The molecule has 0 saturated heterocycles. The number of hydrogen-bond donors (Lipinski definition) is 0. The molecule has 0 aliphatic carbocycles. The van der Waals surface area contributed by atoms with Crippen LogP contribution < -0.4 is 0 Å². The monoisotopic (exact) mass is 168 g/mol. The molecule has 0 fully saturated rings. The van der Waals surface area contributed by atoms with E-state index in [4.69, 9.17) is 0 Å². The molecule has 0 rings (SSSR count). The van der Waals surface area contributed by atoms with E-state index in [9.17, 15) is 0 Å². The van der Waals surface area contributed by atoms with Crippen molar-refractivity contribution in [2.24, 2.45) is 5.92 Å². The zero-order chi connectivity index (χ0) is 9.98. The number of hydrogen-bond acceptors (Lipinski definition) is 0. The predicted octanol–water partition coefficient (Wildman–Crippen LogP) is 4.58. The van der Waals surface area contributed by atoms with Crippen LogP contribution in [0, 0.1) is 5.92 Å². The minimum atomic E-state index is 0.711. The van der Waals surface area contributed by atoms with Gasteiger partial charge in [-0.15, -0.1) is 0 Å². The molecule has 1 atom stereocenters. The molecule has 0 nitrogen and oxygen atoms in total. The standard InChI is InChI=1S/C9H16.C3H8/c1-5-7-9(4)8(3)6-2;1-3-2/h5,7-8H,1,6H2,2-4H3;3H2,1-2H3/b9-7+;. The Hall–Kier alpha value is -0.520. The highest BCUT2D eigenvalue weighted by Crippen LogP contribution is 2.12. The van der Waals surface area contributed by atoms with Crippen LogP contribution in [0.3, 0.4) is 0 Å². The Labute approximate surface area is 78.4 Å². The van der Waals surface area contributed by atoms with Crippen molar-refractivity contribution in [3.8, 4) is 0 Å². The van der Waals surface area contributed by atoms with Gasteiger partial charge in [0.05, 0.1) is 0 Å². The number of rotatable bonds is 3. The summed E-state index contributed by atoms with van der Waals surface area (Å²) in [4.78, 5) is 0.